The number of imidazole rings is 1. The molecule has 17 heavy (non-hydrogen) atoms. The third kappa shape index (κ3) is 2.39. The number of hydrogen-bond donors (Lipinski definition) is 1. The van der Waals surface area contributed by atoms with Crippen LogP contribution in [0, 0.1) is 0 Å². The van der Waals surface area contributed by atoms with Crippen LogP contribution in [-0.2, 0) is 13.6 Å². The quantitative estimate of drug-likeness (QED) is 0.942. The van der Waals surface area contributed by atoms with Crippen LogP contribution in [0.2, 0.25) is 5.15 Å². The van der Waals surface area contributed by atoms with E-state index in [4.69, 9.17) is 11.6 Å². The van der Waals surface area contributed by atoms with Crippen molar-refractivity contribution in [3.8, 4) is 11.4 Å². The second-order valence-electron chi connectivity index (χ2n) is 3.74. The Kier molecular flexibility index (Phi) is 3.86. The van der Waals surface area contributed by atoms with E-state index < -0.39 is 0 Å². The summed E-state index contributed by atoms with van der Waals surface area (Å²) in [6, 6.07) is 7.98. The van der Waals surface area contributed by atoms with E-state index in [2.05, 4.69) is 26.2 Å². The molecule has 0 fully saturated rings. The number of aromatic nitrogens is 2. The molecule has 0 aliphatic carbocycles. The van der Waals surface area contributed by atoms with Gasteiger partial charge < -0.3 is 9.88 Å². The second-order valence-corrected chi connectivity index (χ2v) is 4.95. The summed E-state index contributed by atoms with van der Waals surface area (Å²) >= 11 is 9.77. The molecule has 90 valence electrons. The van der Waals surface area contributed by atoms with Crippen molar-refractivity contribution in [3.63, 3.8) is 0 Å². The van der Waals surface area contributed by atoms with Gasteiger partial charge in [-0.15, -0.1) is 0 Å². The highest BCUT2D eigenvalue weighted by Crippen LogP contribution is 2.30. The lowest BCUT2D eigenvalue weighted by Crippen LogP contribution is -2.05. The summed E-state index contributed by atoms with van der Waals surface area (Å²) in [5, 5.41) is 3.73. The minimum absolute atomic E-state index is 0.664. The summed E-state index contributed by atoms with van der Waals surface area (Å²) in [7, 11) is 3.80. The zero-order valence-corrected chi connectivity index (χ0v) is 12.0. The molecule has 0 radical (unpaired) electrons. The van der Waals surface area contributed by atoms with Crippen LogP contribution < -0.4 is 5.32 Å². The normalized spacial score (nSPS) is 10.8. The number of hydrogen-bond acceptors (Lipinski definition) is 2. The highest BCUT2D eigenvalue weighted by atomic mass is 79.9. The molecule has 0 unspecified atom stereocenters. The third-order valence-corrected chi connectivity index (χ3v) is 3.71. The number of nitrogens with one attached hydrogen (secondary N) is 1. The van der Waals surface area contributed by atoms with E-state index in [0.29, 0.717) is 11.7 Å². The molecule has 1 heterocycles. The molecular formula is C12H13BrClN3. The van der Waals surface area contributed by atoms with Crippen molar-refractivity contribution in [2.45, 2.75) is 6.54 Å². The Morgan fingerprint density at radius 3 is 2.76 bits per heavy atom. The maximum Gasteiger partial charge on any atom is 0.142 e. The van der Waals surface area contributed by atoms with Crippen LogP contribution in [0.3, 0.4) is 0 Å². The molecule has 2 rings (SSSR count). The number of benzene rings is 1. The van der Waals surface area contributed by atoms with Crippen molar-refractivity contribution in [2.75, 3.05) is 7.05 Å². The molecular weight excluding hydrogens is 302 g/mol. The van der Waals surface area contributed by atoms with Crippen molar-refractivity contribution >= 4 is 27.5 Å². The van der Waals surface area contributed by atoms with Crippen molar-refractivity contribution in [2.24, 2.45) is 7.05 Å². The minimum Gasteiger partial charge on any atom is -0.318 e. The van der Waals surface area contributed by atoms with E-state index in [1.807, 2.05) is 42.9 Å². The lowest BCUT2D eigenvalue weighted by Gasteiger charge is -2.04. The Labute approximate surface area is 114 Å². The molecule has 0 atom stereocenters. The standard InChI is InChI=1S/C12H13BrClN3/c1-15-7-10-11(14)17(2)12(16-10)8-5-3-4-6-9(8)13/h3-6,15H,7H2,1-2H3. The van der Waals surface area contributed by atoms with Crippen LogP contribution in [-0.4, -0.2) is 16.6 Å². The van der Waals surface area contributed by atoms with Crippen LogP contribution in [0.15, 0.2) is 28.7 Å². The molecule has 1 N–H and O–H groups in total. The largest absolute Gasteiger partial charge is 0.318 e. The molecule has 1 aromatic carbocycles. The van der Waals surface area contributed by atoms with Gasteiger partial charge in [-0.3, -0.25) is 0 Å². The van der Waals surface area contributed by atoms with Gasteiger partial charge in [0.15, 0.2) is 0 Å². The molecule has 0 saturated carbocycles. The first-order valence-electron chi connectivity index (χ1n) is 5.25. The van der Waals surface area contributed by atoms with Gasteiger partial charge >= 0.3 is 0 Å². The van der Waals surface area contributed by atoms with Gasteiger partial charge in [-0.1, -0.05) is 45.7 Å². The van der Waals surface area contributed by atoms with Crippen molar-refractivity contribution in [3.05, 3.63) is 39.6 Å². The van der Waals surface area contributed by atoms with E-state index in [1.54, 1.807) is 0 Å². The van der Waals surface area contributed by atoms with Crippen LogP contribution in [0.1, 0.15) is 5.69 Å². The first-order chi connectivity index (χ1) is 8.15. The molecule has 0 spiro atoms. The fourth-order valence-corrected chi connectivity index (χ4v) is 2.35. The van der Waals surface area contributed by atoms with Gasteiger partial charge in [-0.25, -0.2) is 4.98 Å². The van der Waals surface area contributed by atoms with E-state index in [0.717, 1.165) is 21.6 Å². The molecule has 5 heteroatoms. The molecule has 0 amide bonds. The van der Waals surface area contributed by atoms with Crippen LogP contribution in [0.25, 0.3) is 11.4 Å². The van der Waals surface area contributed by atoms with Crippen LogP contribution in [0.4, 0.5) is 0 Å². The maximum atomic E-state index is 6.24. The molecule has 0 aliphatic rings. The summed E-state index contributed by atoms with van der Waals surface area (Å²) in [5.41, 5.74) is 1.90. The summed E-state index contributed by atoms with van der Waals surface area (Å²) in [6.45, 7) is 0.664. The second kappa shape index (κ2) is 5.21. The molecule has 3 nitrogen and oxygen atoms in total. The Balaban J connectivity index is 2.53. The zero-order chi connectivity index (χ0) is 12.4. The lowest BCUT2D eigenvalue weighted by atomic mass is 10.2. The molecule has 0 saturated heterocycles. The van der Waals surface area contributed by atoms with Crippen LogP contribution in [0.5, 0.6) is 0 Å². The van der Waals surface area contributed by atoms with E-state index in [1.165, 1.54) is 0 Å². The number of rotatable bonds is 3. The van der Waals surface area contributed by atoms with Crippen LogP contribution >= 0.6 is 27.5 Å². The van der Waals surface area contributed by atoms with E-state index in [-0.39, 0.29) is 0 Å². The highest BCUT2D eigenvalue weighted by molar-refractivity contribution is 9.10. The number of halogens is 2. The molecule has 0 bridgehead atoms. The first kappa shape index (κ1) is 12.6. The van der Waals surface area contributed by atoms with Gasteiger partial charge in [-0.05, 0) is 13.1 Å². The minimum atomic E-state index is 0.664. The zero-order valence-electron chi connectivity index (χ0n) is 9.67. The third-order valence-electron chi connectivity index (χ3n) is 2.55. The fraction of sp³-hybridized carbons (Fsp3) is 0.250. The van der Waals surface area contributed by atoms with Crippen molar-refractivity contribution in [1.82, 2.24) is 14.9 Å². The topological polar surface area (TPSA) is 29.9 Å². The summed E-state index contributed by atoms with van der Waals surface area (Å²) in [6.07, 6.45) is 0. The SMILES string of the molecule is CNCc1nc(-c2ccccc2Br)n(C)c1Cl. The lowest BCUT2D eigenvalue weighted by molar-refractivity contribution is 0.795. The predicted molar refractivity (Wildman–Crippen MR) is 74.1 cm³/mol. The van der Waals surface area contributed by atoms with Gasteiger partial charge in [0.2, 0.25) is 0 Å². The van der Waals surface area contributed by atoms with E-state index in [9.17, 15) is 0 Å². The predicted octanol–water partition coefficient (Wildman–Crippen LogP) is 3.22. The fourth-order valence-electron chi connectivity index (χ4n) is 1.70. The Morgan fingerprint density at radius 2 is 2.12 bits per heavy atom. The Hall–Kier alpha value is -0.840. The maximum absolute atomic E-state index is 6.24. The van der Waals surface area contributed by atoms with Crippen molar-refractivity contribution < 1.29 is 0 Å². The first-order valence-corrected chi connectivity index (χ1v) is 6.43. The van der Waals surface area contributed by atoms with Gasteiger partial charge in [0, 0.05) is 23.6 Å². The molecule has 0 aliphatic heterocycles. The summed E-state index contributed by atoms with van der Waals surface area (Å²) < 4.78 is 2.91. The van der Waals surface area contributed by atoms with Gasteiger partial charge in [0.25, 0.3) is 0 Å². The Morgan fingerprint density at radius 1 is 1.41 bits per heavy atom. The average molecular weight is 315 g/mol. The van der Waals surface area contributed by atoms with E-state index >= 15 is 0 Å². The summed E-state index contributed by atoms with van der Waals surface area (Å²) in [5.74, 6) is 0.868. The smallest absolute Gasteiger partial charge is 0.142 e. The highest BCUT2D eigenvalue weighted by Gasteiger charge is 2.15. The molecule has 1 aromatic heterocycles. The summed E-state index contributed by atoms with van der Waals surface area (Å²) in [4.78, 5) is 4.57. The Bertz CT molecular complexity index is 537. The van der Waals surface area contributed by atoms with Crippen molar-refractivity contribution in [1.29, 1.82) is 0 Å². The molecule has 2 aromatic rings. The monoisotopic (exact) mass is 313 g/mol. The average Bonchev–Trinajstić information content (AvgIpc) is 2.59. The number of nitrogens with zero attached hydrogens (tertiary/aromatic N) is 2. The van der Waals surface area contributed by atoms with Gasteiger partial charge in [0.1, 0.15) is 11.0 Å². The van der Waals surface area contributed by atoms with Gasteiger partial charge in [-0.2, -0.15) is 0 Å². The van der Waals surface area contributed by atoms with Gasteiger partial charge in [0.05, 0.1) is 5.69 Å².